The lowest BCUT2D eigenvalue weighted by molar-refractivity contribution is -0.132. The molecule has 1 N–H and O–H groups in total. The third kappa shape index (κ3) is 5.51. The second-order valence-corrected chi connectivity index (χ2v) is 11.4. The van der Waals surface area contributed by atoms with Crippen molar-refractivity contribution >= 4 is 68.9 Å². The van der Waals surface area contributed by atoms with Crippen molar-refractivity contribution in [3.05, 3.63) is 105 Å². The number of anilines is 1. The van der Waals surface area contributed by atoms with Crippen molar-refractivity contribution in [3.63, 3.8) is 0 Å². The Morgan fingerprint density at radius 1 is 1.08 bits per heavy atom. The summed E-state index contributed by atoms with van der Waals surface area (Å²) in [6.45, 7) is 0. The average Bonchev–Trinajstić information content (AvgIpc) is 3.50. The third-order valence-corrected chi connectivity index (χ3v) is 8.63. The first-order valence-electron chi connectivity index (χ1n) is 11.4. The fourth-order valence-electron chi connectivity index (χ4n) is 4.04. The van der Waals surface area contributed by atoms with Gasteiger partial charge in [-0.25, -0.2) is 4.39 Å². The summed E-state index contributed by atoms with van der Waals surface area (Å²) in [7, 11) is 1.51. The van der Waals surface area contributed by atoms with E-state index in [4.69, 9.17) is 27.9 Å². The lowest BCUT2D eigenvalue weighted by Gasteiger charge is -2.23. The van der Waals surface area contributed by atoms with Gasteiger partial charge in [0, 0.05) is 21.4 Å². The number of ketones is 1. The van der Waals surface area contributed by atoms with Crippen LogP contribution in [0.15, 0.2) is 76.6 Å². The first kappa shape index (κ1) is 27.1. The average molecular weight is 602 g/mol. The van der Waals surface area contributed by atoms with Gasteiger partial charge in [-0.15, -0.1) is 10.2 Å². The number of carbonyl (C=O) groups excluding carboxylic acids is 2. The van der Waals surface area contributed by atoms with E-state index in [1.54, 1.807) is 48.5 Å². The van der Waals surface area contributed by atoms with Gasteiger partial charge in [-0.1, -0.05) is 64.5 Å². The molecule has 7 nitrogen and oxygen atoms in total. The Balaban J connectivity index is 1.55. The van der Waals surface area contributed by atoms with Crippen molar-refractivity contribution in [2.45, 2.75) is 16.1 Å². The minimum Gasteiger partial charge on any atom is -0.507 e. The van der Waals surface area contributed by atoms with Gasteiger partial charge in [-0.3, -0.25) is 14.5 Å². The maximum atomic E-state index is 13.4. The van der Waals surface area contributed by atoms with Crippen LogP contribution in [0.5, 0.6) is 5.75 Å². The van der Waals surface area contributed by atoms with E-state index in [0.717, 1.165) is 16.9 Å². The Morgan fingerprint density at radius 2 is 1.79 bits per heavy atom. The number of thioether (sulfide) groups is 1. The van der Waals surface area contributed by atoms with Crippen LogP contribution in [0.25, 0.3) is 5.76 Å². The fraction of sp³-hybridized carbons (Fsp3) is 0.111. The summed E-state index contributed by atoms with van der Waals surface area (Å²) in [4.78, 5) is 27.9. The molecule has 0 spiro atoms. The van der Waals surface area contributed by atoms with E-state index in [2.05, 4.69) is 10.2 Å². The number of ether oxygens (including phenoxy) is 1. The molecule has 1 aliphatic heterocycles. The second kappa shape index (κ2) is 11.4. The predicted octanol–water partition coefficient (Wildman–Crippen LogP) is 6.91. The number of hydrogen-bond acceptors (Lipinski definition) is 8. The van der Waals surface area contributed by atoms with Gasteiger partial charge in [-0.05, 0) is 59.7 Å². The highest BCUT2D eigenvalue weighted by Gasteiger charge is 2.49. The van der Waals surface area contributed by atoms with E-state index < -0.39 is 17.7 Å². The Bertz CT molecular complexity index is 1590. The first-order valence-corrected chi connectivity index (χ1v) is 13.9. The number of aliphatic hydroxyl groups excluding tert-OH is 1. The van der Waals surface area contributed by atoms with Crippen LogP contribution in [0.1, 0.15) is 22.7 Å². The molecule has 2 heterocycles. The summed E-state index contributed by atoms with van der Waals surface area (Å²) in [6.07, 6.45) is 0. The number of halogens is 3. The Hall–Kier alpha value is -3.44. The topological polar surface area (TPSA) is 92.6 Å². The normalized spacial score (nSPS) is 16.6. The van der Waals surface area contributed by atoms with Crippen LogP contribution in [0.2, 0.25) is 10.0 Å². The first-order chi connectivity index (χ1) is 18.8. The van der Waals surface area contributed by atoms with E-state index in [9.17, 15) is 19.1 Å². The quantitative estimate of drug-likeness (QED) is 0.0808. The lowest BCUT2D eigenvalue weighted by Crippen LogP contribution is -2.29. The molecule has 3 aromatic carbocycles. The zero-order chi connectivity index (χ0) is 27.7. The Kier molecular flexibility index (Phi) is 7.90. The number of methoxy groups -OCH3 is 1. The molecule has 1 aliphatic rings. The van der Waals surface area contributed by atoms with Crippen molar-refractivity contribution in [1.82, 2.24) is 10.2 Å². The van der Waals surface area contributed by atoms with Crippen LogP contribution in [-0.4, -0.2) is 34.1 Å². The summed E-state index contributed by atoms with van der Waals surface area (Å²) in [5, 5.41) is 20.3. The molecular weight excluding hydrogens is 584 g/mol. The summed E-state index contributed by atoms with van der Waals surface area (Å²) in [5.41, 5.74) is 1.43. The second-order valence-electron chi connectivity index (χ2n) is 8.33. The monoisotopic (exact) mass is 601 g/mol. The fourth-order valence-corrected chi connectivity index (χ4v) is 6.37. The van der Waals surface area contributed by atoms with E-state index in [-0.39, 0.29) is 27.3 Å². The van der Waals surface area contributed by atoms with E-state index in [1.165, 1.54) is 42.0 Å². The van der Waals surface area contributed by atoms with Crippen molar-refractivity contribution in [3.8, 4) is 5.75 Å². The van der Waals surface area contributed by atoms with Gasteiger partial charge in [0.2, 0.25) is 5.13 Å². The number of rotatable bonds is 7. The van der Waals surface area contributed by atoms with Gasteiger partial charge in [0.15, 0.2) is 4.34 Å². The van der Waals surface area contributed by atoms with Crippen LogP contribution in [0, 0.1) is 5.82 Å². The third-order valence-electron chi connectivity index (χ3n) is 5.94. The van der Waals surface area contributed by atoms with Gasteiger partial charge < -0.3 is 9.84 Å². The number of Topliss-reactive ketones (excluding diaryl/α,β-unsaturated/α-hetero) is 1. The van der Waals surface area contributed by atoms with Crippen LogP contribution < -0.4 is 9.64 Å². The van der Waals surface area contributed by atoms with Crippen LogP contribution in [0.4, 0.5) is 9.52 Å². The number of benzene rings is 3. The highest BCUT2D eigenvalue weighted by atomic mass is 35.5. The number of carbonyl (C=O) groups is 2. The Morgan fingerprint density at radius 3 is 2.46 bits per heavy atom. The summed E-state index contributed by atoms with van der Waals surface area (Å²) >= 11 is 15.1. The van der Waals surface area contributed by atoms with Crippen LogP contribution in [0.3, 0.4) is 0 Å². The molecule has 1 unspecified atom stereocenters. The maximum absolute atomic E-state index is 13.4. The van der Waals surface area contributed by atoms with Crippen LogP contribution in [-0.2, 0) is 15.3 Å². The van der Waals surface area contributed by atoms with Crippen molar-refractivity contribution in [1.29, 1.82) is 0 Å². The molecule has 4 aromatic rings. The van der Waals surface area contributed by atoms with Crippen molar-refractivity contribution in [2.75, 3.05) is 12.0 Å². The smallest absolute Gasteiger partial charge is 0.301 e. The molecule has 1 fully saturated rings. The Labute approximate surface area is 240 Å². The van der Waals surface area contributed by atoms with Gasteiger partial charge in [0.25, 0.3) is 5.78 Å². The van der Waals surface area contributed by atoms with Gasteiger partial charge >= 0.3 is 5.91 Å². The molecule has 198 valence electrons. The highest BCUT2D eigenvalue weighted by molar-refractivity contribution is 8.00. The molecule has 5 rings (SSSR count). The molecule has 0 saturated carbocycles. The molecule has 1 saturated heterocycles. The number of aliphatic hydroxyl groups is 1. The number of hydrogen-bond donors (Lipinski definition) is 1. The zero-order valence-electron chi connectivity index (χ0n) is 20.1. The molecular formula is C27H18Cl2FN3O4S2. The van der Waals surface area contributed by atoms with Crippen molar-refractivity contribution in [2.24, 2.45) is 0 Å². The molecule has 1 atom stereocenters. The summed E-state index contributed by atoms with van der Waals surface area (Å²) < 4.78 is 18.9. The molecule has 0 aliphatic carbocycles. The molecule has 0 bridgehead atoms. The highest BCUT2D eigenvalue weighted by Crippen LogP contribution is 2.46. The predicted molar refractivity (Wildman–Crippen MR) is 150 cm³/mol. The SMILES string of the molecule is COc1ccc(/C(O)=C2/C(=O)C(=O)N(c3nnc(SCc4ccc(F)cc4)s3)C2c2ccc(Cl)cc2Cl)cc1. The standard InChI is InChI=1S/C27H18Cl2FN3O4S2/c1-37-18-9-4-15(5-10-18)23(34)21-22(19-11-6-16(28)12-20(19)29)33(25(36)24(21)35)26-31-32-27(39-26)38-13-14-2-7-17(30)8-3-14/h2-12,22,34H,13H2,1H3/b23-21-. The van der Waals surface area contributed by atoms with Gasteiger partial charge in [0.05, 0.1) is 18.7 Å². The minimum atomic E-state index is -1.08. The van der Waals surface area contributed by atoms with E-state index in [1.807, 2.05) is 0 Å². The number of amides is 1. The largest absolute Gasteiger partial charge is 0.507 e. The maximum Gasteiger partial charge on any atom is 0.301 e. The minimum absolute atomic E-state index is 0.148. The number of aromatic nitrogens is 2. The number of nitrogens with zero attached hydrogens (tertiary/aromatic N) is 3. The van der Waals surface area contributed by atoms with Crippen LogP contribution >= 0.6 is 46.3 Å². The van der Waals surface area contributed by atoms with Gasteiger partial charge in [0.1, 0.15) is 17.3 Å². The molecule has 1 aromatic heterocycles. The van der Waals surface area contributed by atoms with Crippen molar-refractivity contribution < 1.29 is 23.8 Å². The molecule has 12 heteroatoms. The summed E-state index contributed by atoms with van der Waals surface area (Å²) in [6, 6.07) is 16.1. The zero-order valence-corrected chi connectivity index (χ0v) is 23.2. The molecule has 0 radical (unpaired) electrons. The molecule has 1 amide bonds. The van der Waals surface area contributed by atoms with Gasteiger partial charge in [-0.2, -0.15) is 0 Å². The lowest BCUT2D eigenvalue weighted by atomic mass is 9.95. The molecule has 39 heavy (non-hydrogen) atoms. The van der Waals surface area contributed by atoms with E-state index in [0.29, 0.717) is 32.0 Å². The van der Waals surface area contributed by atoms with E-state index >= 15 is 0 Å². The summed E-state index contributed by atoms with van der Waals surface area (Å²) in [5.74, 6) is -1.42.